The Morgan fingerprint density at radius 2 is 1.96 bits per heavy atom. The number of nitrogens with one attached hydrogen (secondary N) is 1. The fraction of sp³-hybridized carbons (Fsp3) is 0.0556. The maximum Gasteiger partial charge on any atom is 0.214 e. The van der Waals surface area contributed by atoms with Gasteiger partial charge in [-0.2, -0.15) is 0 Å². The van der Waals surface area contributed by atoms with Crippen LogP contribution in [0, 0.1) is 0 Å². The summed E-state index contributed by atoms with van der Waals surface area (Å²) < 4.78 is 28.1. The molecule has 136 valence electrons. The second-order valence-electron chi connectivity index (χ2n) is 5.70. The number of fused-ring (bicyclic) bond motifs is 1. The van der Waals surface area contributed by atoms with E-state index in [-0.39, 0.29) is 21.3 Å². The van der Waals surface area contributed by atoms with Crippen LogP contribution in [0.4, 0.5) is 5.82 Å². The highest BCUT2D eigenvalue weighted by atomic mass is 35.5. The van der Waals surface area contributed by atoms with Gasteiger partial charge in [-0.3, -0.25) is 4.98 Å². The summed E-state index contributed by atoms with van der Waals surface area (Å²) in [5, 5.41) is 7.62. The Balaban J connectivity index is 2.02. The van der Waals surface area contributed by atoms with E-state index in [1.54, 1.807) is 49.9 Å². The zero-order chi connectivity index (χ0) is 19.0. The Labute approximate surface area is 160 Å². The number of halogens is 1. The lowest BCUT2D eigenvalue weighted by Gasteiger charge is -2.06. The van der Waals surface area contributed by atoms with Crippen LogP contribution in [0.5, 0.6) is 0 Å². The molecule has 9 heteroatoms. The van der Waals surface area contributed by atoms with Crippen LogP contribution in [0.25, 0.3) is 16.9 Å². The van der Waals surface area contributed by atoms with Crippen molar-refractivity contribution in [1.29, 1.82) is 0 Å². The van der Waals surface area contributed by atoms with Gasteiger partial charge in [0.05, 0.1) is 10.6 Å². The van der Waals surface area contributed by atoms with Crippen LogP contribution in [-0.2, 0) is 9.84 Å². The van der Waals surface area contributed by atoms with Gasteiger partial charge >= 0.3 is 0 Å². The smallest absolute Gasteiger partial charge is 0.214 e. The zero-order valence-corrected chi connectivity index (χ0v) is 15.7. The van der Waals surface area contributed by atoms with Crippen molar-refractivity contribution in [2.45, 2.75) is 9.79 Å². The number of benzene rings is 1. The first kappa shape index (κ1) is 17.4. The van der Waals surface area contributed by atoms with E-state index in [9.17, 15) is 8.42 Å². The monoisotopic (exact) mass is 399 g/mol. The fourth-order valence-electron chi connectivity index (χ4n) is 2.82. The molecule has 3 heterocycles. The fourth-order valence-corrected chi connectivity index (χ4v) is 4.63. The summed E-state index contributed by atoms with van der Waals surface area (Å²) in [5.41, 5.74) is 1.69. The van der Waals surface area contributed by atoms with Gasteiger partial charge in [-0.05, 0) is 36.4 Å². The molecule has 0 unspecified atom stereocenters. The molecule has 1 N–H and O–H groups in total. The second-order valence-corrected chi connectivity index (χ2v) is 8.02. The lowest BCUT2D eigenvalue weighted by Crippen LogP contribution is -2.05. The Hall–Kier alpha value is -2.97. The number of rotatable bonds is 4. The van der Waals surface area contributed by atoms with E-state index in [1.807, 2.05) is 6.07 Å². The van der Waals surface area contributed by atoms with Crippen molar-refractivity contribution in [3.05, 3.63) is 66.1 Å². The molecular weight excluding hydrogens is 386 g/mol. The number of nitrogens with zero attached hydrogens (tertiary/aromatic N) is 4. The summed E-state index contributed by atoms with van der Waals surface area (Å²) in [6, 6.07) is 11.5. The predicted molar refractivity (Wildman–Crippen MR) is 103 cm³/mol. The third kappa shape index (κ3) is 2.92. The molecule has 0 radical (unpaired) electrons. The topological polar surface area (TPSA) is 89.2 Å². The molecule has 0 aliphatic carbocycles. The maximum atomic E-state index is 13.3. The van der Waals surface area contributed by atoms with Crippen LogP contribution >= 0.6 is 11.6 Å². The largest absolute Gasteiger partial charge is 0.370 e. The molecule has 1 aromatic carbocycles. The molecule has 0 fully saturated rings. The quantitative estimate of drug-likeness (QED) is 0.566. The molecule has 7 nitrogen and oxygen atoms in total. The second kappa shape index (κ2) is 6.64. The summed E-state index contributed by atoms with van der Waals surface area (Å²) in [6.07, 6.45) is 4.90. The molecule has 4 rings (SSSR count). The number of pyridine rings is 1. The summed E-state index contributed by atoms with van der Waals surface area (Å²) in [6.45, 7) is 0. The number of hydrogen-bond donors (Lipinski definition) is 1. The van der Waals surface area contributed by atoms with E-state index in [1.165, 1.54) is 16.6 Å². The third-order valence-corrected chi connectivity index (χ3v) is 6.07. The van der Waals surface area contributed by atoms with Gasteiger partial charge in [0.1, 0.15) is 0 Å². The minimum absolute atomic E-state index is 0.00185. The van der Waals surface area contributed by atoms with Crippen molar-refractivity contribution in [3.63, 3.8) is 0 Å². The Bertz CT molecular complexity index is 1240. The first-order chi connectivity index (χ1) is 13.0. The maximum absolute atomic E-state index is 13.3. The average molecular weight is 400 g/mol. The van der Waals surface area contributed by atoms with Crippen molar-refractivity contribution >= 4 is 32.9 Å². The van der Waals surface area contributed by atoms with E-state index < -0.39 is 9.84 Å². The van der Waals surface area contributed by atoms with Crippen LogP contribution < -0.4 is 5.32 Å². The highest BCUT2D eigenvalue weighted by molar-refractivity contribution is 7.91. The summed E-state index contributed by atoms with van der Waals surface area (Å²) >= 11 is 5.99. The molecule has 27 heavy (non-hydrogen) atoms. The lowest BCUT2D eigenvalue weighted by atomic mass is 10.2. The standard InChI is InChI=1S/C18H14ClN5O2S/c1-20-17-16(27(25,26)14-6-2-5-13(19)10-14)18-22-9-7-15(24(18)23-17)12-4-3-8-21-11-12/h2-11H,1H3,(H,20,23). The molecule has 0 saturated carbocycles. The van der Waals surface area contributed by atoms with Gasteiger partial charge in [-0.15, -0.1) is 5.10 Å². The molecule has 0 aliphatic heterocycles. The van der Waals surface area contributed by atoms with Crippen LogP contribution in [-0.4, -0.2) is 35.0 Å². The molecular formula is C18H14ClN5O2S. The average Bonchev–Trinajstić information content (AvgIpc) is 3.08. The Morgan fingerprint density at radius 1 is 1.11 bits per heavy atom. The van der Waals surface area contributed by atoms with Gasteiger partial charge in [0.25, 0.3) is 0 Å². The number of sulfone groups is 1. The van der Waals surface area contributed by atoms with Crippen LogP contribution in [0.3, 0.4) is 0 Å². The molecule has 4 aromatic rings. The number of anilines is 1. The first-order valence-electron chi connectivity index (χ1n) is 7.99. The molecule has 3 aromatic heterocycles. The normalized spacial score (nSPS) is 11.6. The van der Waals surface area contributed by atoms with Crippen molar-refractivity contribution < 1.29 is 8.42 Å². The zero-order valence-electron chi connectivity index (χ0n) is 14.2. The van der Waals surface area contributed by atoms with E-state index in [4.69, 9.17) is 11.6 Å². The summed E-state index contributed by atoms with van der Waals surface area (Å²) in [5.74, 6) is 0.207. The van der Waals surface area contributed by atoms with Gasteiger partial charge in [0.2, 0.25) is 9.84 Å². The van der Waals surface area contributed by atoms with Crippen molar-refractivity contribution in [2.75, 3.05) is 12.4 Å². The van der Waals surface area contributed by atoms with Crippen LogP contribution in [0.1, 0.15) is 0 Å². The minimum Gasteiger partial charge on any atom is -0.370 e. The SMILES string of the molecule is CNc1nn2c(-c3cccnc3)ccnc2c1S(=O)(=O)c1cccc(Cl)c1. The highest BCUT2D eigenvalue weighted by Crippen LogP contribution is 2.33. The predicted octanol–water partition coefficient (Wildman–Crippen LogP) is 3.32. The van der Waals surface area contributed by atoms with Gasteiger partial charge in [0.15, 0.2) is 16.4 Å². The van der Waals surface area contributed by atoms with Crippen molar-refractivity contribution in [3.8, 4) is 11.3 Å². The van der Waals surface area contributed by atoms with Gasteiger partial charge in [-0.1, -0.05) is 17.7 Å². The highest BCUT2D eigenvalue weighted by Gasteiger charge is 2.29. The molecule has 0 saturated heterocycles. The van der Waals surface area contributed by atoms with Crippen LogP contribution in [0.2, 0.25) is 5.02 Å². The lowest BCUT2D eigenvalue weighted by molar-refractivity contribution is 0.597. The molecule has 0 spiro atoms. The molecule has 0 amide bonds. The minimum atomic E-state index is -3.89. The molecule has 0 bridgehead atoms. The van der Waals surface area contributed by atoms with E-state index in [2.05, 4.69) is 20.4 Å². The van der Waals surface area contributed by atoms with Gasteiger partial charge in [0, 0.05) is 36.2 Å². The van der Waals surface area contributed by atoms with E-state index in [0.29, 0.717) is 10.7 Å². The Morgan fingerprint density at radius 3 is 2.67 bits per heavy atom. The Kier molecular flexibility index (Phi) is 4.29. The van der Waals surface area contributed by atoms with Gasteiger partial charge in [-0.25, -0.2) is 17.9 Å². The first-order valence-corrected chi connectivity index (χ1v) is 9.85. The van der Waals surface area contributed by atoms with Crippen molar-refractivity contribution in [2.24, 2.45) is 0 Å². The number of hydrogen-bond acceptors (Lipinski definition) is 6. The van der Waals surface area contributed by atoms with Crippen LogP contribution in [0.15, 0.2) is 70.8 Å². The van der Waals surface area contributed by atoms with Crippen molar-refractivity contribution in [1.82, 2.24) is 19.6 Å². The summed E-state index contributed by atoms with van der Waals surface area (Å²) in [4.78, 5) is 8.47. The van der Waals surface area contributed by atoms with Gasteiger partial charge < -0.3 is 5.32 Å². The molecule has 0 aliphatic rings. The summed E-state index contributed by atoms with van der Waals surface area (Å²) in [7, 11) is -2.28. The molecule has 0 atom stereocenters. The van der Waals surface area contributed by atoms with E-state index in [0.717, 1.165) is 5.56 Å². The number of aromatic nitrogens is 4. The third-order valence-electron chi connectivity index (χ3n) is 4.05. The van der Waals surface area contributed by atoms with E-state index >= 15 is 0 Å².